The van der Waals surface area contributed by atoms with E-state index < -0.39 is 5.82 Å². The Morgan fingerprint density at radius 3 is 2.95 bits per heavy atom. The first kappa shape index (κ1) is 15.0. The summed E-state index contributed by atoms with van der Waals surface area (Å²) in [4.78, 5) is 17.9. The number of carbonyl (C=O) groups excluding carboxylic acids is 1. The SMILES string of the molecule is CCCNc1c(F)cccc1C(=O)N(C)Cc1ncn[nH]1. The van der Waals surface area contributed by atoms with E-state index in [1.807, 2.05) is 6.92 Å². The van der Waals surface area contributed by atoms with Crippen LogP contribution in [-0.2, 0) is 6.54 Å². The van der Waals surface area contributed by atoms with Crippen LogP contribution in [0.2, 0.25) is 0 Å². The van der Waals surface area contributed by atoms with Crippen molar-refractivity contribution in [3.8, 4) is 0 Å². The molecule has 0 saturated carbocycles. The molecule has 0 aliphatic heterocycles. The van der Waals surface area contributed by atoms with Crippen LogP contribution in [0, 0.1) is 5.82 Å². The van der Waals surface area contributed by atoms with Gasteiger partial charge in [-0.1, -0.05) is 13.0 Å². The van der Waals surface area contributed by atoms with Gasteiger partial charge in [0.1, 0.15) is 18.0 Å². The Labute approximate surface area is 122 Å². The zero-order valence-electron chi connectivity index (χ0n) is 12.1. The first-order chi connectivity index (χ1) is 10.1. The lowest BCUT2D eigenvalue weighted by molar-refractivity contribution is 0.0782. The van der Waals surface area contributed by atoms with Gasteiger partial charge in [0.15, 0.2) is 0 Å². The second-order valence-corrected chi connectivity index (χ2v) is 4.68. The minimum atomic E-state index is -0.428. The molecule has 0 spiro atoms. The maximum absolute atomic E-state index is 13.9. The quantitative estimate of drug-likeness (QED) is 0.854. The molecule has 0 unspecified atom stereocenters. The van der Waals surface area contributed by atoms with E-state index >= 15 is 0 Å². The van der Waals surface area contributed by atoms with Gasteiger partial charge in [0, 0.05) is 13.6 Å². The molecule has 1 amide bonds. The van der Waals surface area contributed by atoms with Gasteiger partial charge >= 0.3 is 0 Å². The number of aromatic amines is 1. The molecule has 6 nitrogen and oxygen atoms in total. The minimum Gasteiger partial charge on any atom is -0.382 e. The van der Waals surface area contributed by atoms with Crippen LogP contribution < -0.4 is 5.32 Å². The first-order valence-electron chi connectivity index (χ1n) is 6.75. The molecule has 1 aromatic heterocycles. The third-order valence-corrected chi connectivity index (χ3v) is 2.99. The number of carbonyl (C=O) groups is 1. The van der Waals surface area contributed by atoms with Crippen LogP contribution in [0.5, 0.6) is 0 Å². The number of H-pyrrole nitrogens is 1. The number of anilines is 1. The number of amides is 1. The Morgan fingerprint density at radius 2 is 2.29 bits per heavy atom. The van der Waals surface area contributed by atoms with Crippen molar-refractivity contribution in [2.75, 3.05) is 18.9 Å². The highest BCUT2D eigenvalue weighted by atomic mass is 19.1. The molecule has 7 heteroatoms. The Morgan fingerprint density at radius 1 is 1.48 bits per heavy atom. The van der Waals surface area contributed by atoms with E-state index in [4.69, 9.17) is 0 Å². The van der Waals surface area contributed by atoms with Crippen molar-refractivity contribution in [2.45, 2.75) is 19.9 Å². The number of halogens is 1. The highest BCUT2D eigenvalue weighted by Gasteiger charge is 2.19. The summed E-state index contributed by atoms with van der Waals surface area (Å²) < 4.78 is 13.9. The molecule has 0 aliphatic carbocycles. The zero-order valence-corrected chi connectivity index (χ0v) is 12.1. The number of nitrogens with zero attached hydrogens (tertiary/aromatic N) is 3. The van der Waals surface area contributed by atoms with E-state index in [1.54, 1.807) is 13.1 Å². The van der Waals surface area contributed by atoms with Gasteiger partial charge in [-0.25, -0.2) is 9.37 Å². The molecule has 1 aromatic carbocycles. The summed E-state index contributed by atoms with van der Waals surface area (Å²) in [5.41, 5.74) is 0.555. The summed E-state index contributed by atoms with van der Waals surface area (Å²) >= 11 is 0. The van der Waals surface area contributed by atoms with Crippen LogP contribution in [0.15, 0.2) is 24.5 Å². The van der Waals surface area contributed by atoms with Crippen LogP contribution >= 0.6 is 0 Å². The van der Waals surface area contributed by atoms with Gasteiger partial charge in [-0.15, -0.1) is 0 Å². The van der Waals surface area contributed by atoms with Crippen LogP contribution in [0.1, 0.15) is 29.5 Å². The zero-order chi connectivity index (χ0) is 15.2. The topological polar surface area (TPSA) is 73.9 Å². The molecule has 0 fully saturated rings. The first-order valence-corrected chi connectivity index (χ1v) is 6.75. The highest BCUT2D eigenvalue weighted by Crippen LogP contribution is 2.21. The van der Waals surface area contributed by atoms with Gasteiger partial charge in [-0.3, -0.25) is 9.89 Å². The summed E-state index contributed by atoms with van der Waals surface area (Å²) in [7, 11) is 1.64. The number of rotatable bonds is 6. The number of aromatic nitrogens is 3. The van der Waals surface area contributed by atoms with Crippen molar-refractivity contribution in [3.05, 3.63) is 41.7 Å². The second-order valence-electron chi connectivity index (χ2n) is 4.68. The number of hydrogen-bond acceptors (Lipinski definition) is 4. The number of benzene rings is 1. The normalized spacial score (nSPS) is 10.4. The lowest BCUT2D eigenvalue weighted by Crippen LogP contribution is -2.28. The van der Waals surface area contributed by atoms with Crippen LogP contribution in [-0.4, -0.2) is 39.6 Å². The van der Waals surface area contributed by atoms with Crippen LogP contribution in [0.3, 0.4) is 0 Å². The van der Waals surface area contributed by atoms with E-state index in [-0.39, 0.29) is 18.1 Å². The molecule has 2 N–H and O–H groups in total. The molecule has 0 saturated heterocycles. The van der Waals surface area contributed by atoms with Crippen LogP contribution in [0.25, 0.3) is 0 Å². The molecule has 2 rings (SSSR count). The van der Waals surface area contributed by atoms with Crippen molar-refractivity contribution in [1.82, 2.24) is 20.1 Å². The lowest BCUT2D eigenvalue weighted by Gasteiger charge is -2.18. The molecule has 0 bridgehead atoms. The van der Waals surface area contributed by atoms with Crippen molar-refractivity contribution < 1.29 is 9.18 Å². The van der Waals surface area contributed by atoms with E-state index in [9.17, 15) is 9.18 Å². The third-order valence-electron chi connectivity index (χ3n) is 2.99. The molecule has 112 valence electrons. The van der Waals surface area contributed by atoms with Crippen LogP contribution in [0.4, 0.5) is 10.1 Å². The molecule has 0 radical (unpaired) electrons. The Bertz CT molecular complexity index is 599. The molecule has 0 aliphatic rings. The highest BCUT2D eigenvalue weighted by molar-refractivity contribution is 5.99. The Balaban J connectivity index is 2.19. The van der Waals surface area contributed by atoms with Gasteiger partial charge in [-0.05, 0) is 18.6 Å². The predicted molar refractivity (Wildman–Crippen MR) is 77.4 cm³/mol. The number of para-hydroxylation sites is 1. The minimum absolute atomic E-state index is 0.244. The fourth-order valence-corrected chi connectivity index (χ4v) is 1.94. The summed E-state index contributed by atoms with van der Waals surface area (Å²) in [6.45, 7) is 2.86. The smallest absolute Gasteiger partial charge is 0.256 e. The molecule has 21 heavy (non-hydrogen) atoms. The average molecular weight is 291 g/mol. The molecule has 0 atom stereocenters. The standard InChI is InChI=1S/C14H18FN5O/c1-3-7-16-13-10(5-4-6-11(13)15)14(21)20(2)8-12-17-9-18-19-12/h4-6,9,16H,3,7-8H2,1-2H3,(H,17,18,19). The lowest BCUT2D eigenvalue weighted by atomic mass is 10.1. The fourth-order valence-electron chi connectivity index (χ4n) is 1.94. The fraction of sp³-hybridized carbons (Fsp3) is 0.357. The maximum Gasteiger partial charge on any atom is 0.256 e. The van der Waals surface area contributed by atoms with Crippen molar-refractivity contribution in [2.24, 2.45) is 0 Å². The summed E-state index contributed by atoms with van der Waals surface area (Å²) in [6.07, 6.45) is 2.22. The molecule has 1 heterocycles. The molecule has 2 aromatic rings. The second kappa shape index (κ2) is 6.83. The summed E-state index contributed by atoms with van der Waals surface area (Å²) in [5, 5.41) is 9.39. The maximum atomic E-state index is 13.9. The summed E-state index contributed by atoms with van der Waals surface area (Å²) in [5.74, 6) is -0.128. The predicted octanol–water partition coefficient (Wildman–Crippen LogP) is 2.04. The van der Waals surface area contributed by atoms with Crippen molar-refractivity contribution in [1.29, 1.82) is 0 Å². The average Bonchev–Trinajstić information content (AvgIpc) is 2.98. The Kier molecular flexibility index (Phi) is 4.86. The van der Waals surface area contributed by atoms with E-state index in [2.05, 4.69) is 20.5 Å². The van der Waals surface area contributed by atoms with Gasteiger partial charge in [0.2, 0.25) is 0 Å². The van der Waals surface area contributed by atoms with Gasteiger partial charge in [-0.2, -0.15) is 5.10 Å². The molecular formula is C14H18FN5O. The van der Waals surface area contributed by atoms with Crippen molar-refractivity contribution in [3.63, 3.8) is 0 Å². The van der Waals surface area contributed by atoms with Crippen molar-refractivity contribution >= 4 is 11.6 Å². The van der Waals surface area contributed by atoms with Gasteiger partial charge in [0.25, 0.3) is 5.91 Å². The van der Waals surface area contributed by atoms with Gasteiger partial charge < -0.3 is 10.2 Å². The van der Waals surface area contributed by atoms with E-state index in [0.717, 1.165) is 6.42 Å². The number of hydrogen-bond donors (Lipinski definition) is 2. The van der Waals surface area contributed by atoms with Gasteiger partial charge in [0.05, 0.1) is 17.8 Å². The summed E-state index contributed by atoms with van der Waals surface area (Å²) in [6, 6.07) is 4.48. The Hall–Kier alpha value is -2.44. The number of nitrogens with one attached hydrogen (secondary N) is 2. The third kappa shape index (κ3) is 3.56. The largest absolute Gasteiger partial charge is 0.382 e. The molecular weight excluding hydrogens is 273 g/mol. The van der Waals surface area contributed by atoms with E-state index in [1.165, 1.54) is 23.4 Å². The monoisotopic (exact) mass is 291 g/mol. The van der Waals surface area contributed by atoms with E-state index in [0.29, 0.717) is 17.9 Å².